The molecule has 2 aromatic carbocycles. The van der Waals surface area contributed by atoms with E-state index in [1.54, 1.807) is 7.11 Å². The average molecular weight is 362 g/mol. The zero-order valence-electron chi connectivity index (χ0n) is 14.6. The van der Waals surface area contributed by atoms with Crippen LogP contribution in [0.1, 0.15) is 11.1 Å². The third kappa shape index (κ3) is 5.15. The summed E-state index contributed by atoms with van der Waals surface area (Å²) in [6.45, 7) is 2.95. The Balaban J connectivity index is 0.00000225. The van der Waals surface area contributed by atoms with Crippen molar-refractivity contribution < 1.29 is 14.2 Å². The first-order valence-electron chi connectivity index (χ1n) is 8.13. The van der Waals surface area contributed by atoms with Gasteiger partial charge >= 0.3 is 0 Å². The first kappa shape index (κ1) is 19.2. The first-order valence-corrected chi connectivity index (χ1v) is 8.13. The van der Waals surface area contributed by atoms with E-state index in [4.69, 9.17) is 14.2 Å². The molecular weight excluding hydrogens is 338 g/mol. The normalized spacial score (nSPS) is 12.9. The minimum atomic E-state index is 0. The molecule has 1 aliphatic rings. The van der Waals surface area contributed by atoms with Gasteiger partial charge in [0.15, 0.2) is 11.5 Å². The van der Waals surface area contributed by atoms with Crippen LogP contribution in [0, 0.1) is 0 Å². The minimum Gasteiger partial charge on any atom is -0.496 e. The maximum absolute atomic E-state index is 5.64. The lowest BCUT2D eigenvalue weighted by Crippen LogP contribution is -2.19. The molecule has 0 saturated carbocycles. The minimum absolute atomic E-state index is 0. The molecule has 0 atom stereocenters. The molecule has 0 radical (unpaired) electrons. The van der Waals surface area contributed by atoms with Gasteiger partial charge in [0, 0.05) is 18.7 Å². The standard InChI is InChI=1S/C20H23NO3.ClH/c1-21(11-5-7-17-6-3-4-8-18(17)22-2)15-16-9-10-19-20(14-16)24-13-12-23-19;/h3-10,14H,11-13,15H2,1-2H3;1H/b7-5+;. The molecule has 0 spiro atoms. The van der Waals surface area contributed by atoms with Gasteiger partial charge in [-0.1, -0.05) is 36.4 Å². The second-order valence-electron chi connectivity index (χ2n) is 5.82. The molecule has 0 unspecified atom stereocenters. The molecule has 1 aliphatic heterocycles. The Labute approximate surface area is 155 Å². The summed E-state index contributed by atoms with van der Waals surface area (Å²) in [5.74, 6) is 2.57. The van der Waals surface area contributed by atoms with Crippen LogP contribution >= 0.6 is 12.4 Å². The van der Waals surface area contributed by atoms with Crippen molar-refractivity contribution in [2.24, 2.45) is 0 Å². The summed E-state index contributed by atoms with van der Waals surface area (Å²) in [6, 6.07) is 14.2. The molecule has 0 amide bonds. The van der Waals surface area contributed by atoms with Crippen molar-refractivity contribution >= 4 is 18.5 Å². The fourth-order valence-corrected chi connectivity index (χ4v) is 2.73. The summed E-state index contributed by atoms with van der Waals surface area (Å²) < 4.78 is 16.6. The summed E-state index contributed by atoms with van der Waals surface area (Å²) in [4.78, 5) is 2.25. The van der Waals surface area contributed by atoms with Crippen molar-refractivity contribution in [3.05, 3.63) is 59.7 Å². The SMILES string of the molecule is COc1ccccc1/C=C/CN(C)Cc1ccc2c(c1)OCCO2.Cl. The summed E-state index contributed by atoms with van der Waals surface area (Å²) in [6.07, 6.45) is 4.25. The van der Waals surface area contributed by atoms with Gasteiger partial charge in [-0.3, -0.25) is 4.90 Å². The summed E-state index contributed by atoms with van der Waals surface area (Å²) >= 11 is 0. The van der Waals surface area contributed by atoms with Gasteiger partial charge in [0.2, 0.25) is 0 Å². The lowest BCUT2D eigenvalue weighted by molar-refractivity contribution is 0.171. The Kier molecular flexibility index (Phi) is 7.16. The summed E-state index contributed by atoms with van der Waals surface area (Å²) in [7, 11) is 3.80. The topological polar surface area (TPSA) is 30.9 Å². The van der Waals surface area contributed by atoms with Crippen LogP contribution in [-0.4, -0.2) is 38.8 Å². The molecule has 0 N–H and O–H groups in total. The van der Waals surface area contributed by atoms with E-state index in [2.05, 4.69) is 42.3 Å². The van der Waals surface area contributed by atoms with Crippen LogP contribution in [0.25, 0.3) is 6.08 Å². The van der Waals surface area contributed by atoms with Crippen LogP contribution in [0.4, 0.5) is 0 Å². The maximum Gasteiger partial charge on any atom is 0.161 e. The van der Waals surface area contributed by atoms with Crippen LogP contribution < -0.4 is 14.2 Å². The zero-order valence-corrected chi connectivity index (χ0v) is 15.4. The Bertz CT molecular complexity index is 718. The molecular formula is C20H24ClNO3. The van der Waals surface area contributed by atoms with Gasteiger partial charge in [0.05, 0.1) is 7.11 Å². The van der Waals surface area contributed by atoms with Crippen molar-refractivity contribution in [1.29, 1.82) is 0 Å². The van der Waals surface area contributed by atoms with E-state index >= 15 is 0 Å². The average Bonchev–Trinajstić information content (AvgIpc) is 2.62. The number of hydrogen-bond acceptors (Lipinski definition) is 4. The fraction of sp³-hybridized carbons (Fsp3) is 0.300. The van der Waals surface area contributed by atoms with Gasteiger partial charge in [-0.2, -0.15) is 0 Å². The first-order chi connectivity index (χ1) is 11.8. The number of ether oxygens (including phenoxy) is 3. The molecule has 4 nitrogen and oxygen atoms in total. The Morgan fingerprint density at radius 1 is 1.08 bits per heavy atom. The molecule has 3 rings (SSSR count). The molecule has 25 heavy (non-hydrogen) atoms. The molecule has 5 heteroatoms. The van der Waals surface area contributed by atoms with Gasteiger partial charge in [0.25, 0.3) is 0 Å². The van der Waals surface area contributed by atoms with Crippen LogP contribution in [-0.2, 0) is 6.54 Å². The predicted molar refractivity (Wildman–Crippen MR) is 103 cm³/mol. The molecule has 2 aromatic rings. The second kappa shape index (κ2) is 9.35. The molecule has 1 heterocycles. The van der Waals surface area contributed by atoms with Crippen molar-refractivity contribution in [2.45, 2.75) is 6.54 Å². The number of para-hydroxylation sites is 1. The molecule has 0 fully saturated rings. The number of benzene rings is 2. The summed E-state index contributed by atoms with van der Waals surface area (Å²) in [5.41, 5.74) is 2.31. The number of nitrogens with zero attached hydrogens (tertiary/aromatic N) is 1. The van der Waals surface area contributed by atoms with E-state index in [1.807, 2.05) is 24.3 Å². The van der Waals surface area contributed by atoms with Gasteiger partial charge in [-0.05, 0) is 30.8 Å². The summed E-state index contributed by atoms with van der Waals surface area (Å²) in [5, 5.41) is 0. The quantitative estimate of drug-likeness (QED) is 0.777. The highest BCUT2D eigenvalue weighted by Crippen LogP contribution is 2.31. The molecule has 0 bridgehead atoms. The van der Waals surface area contributed by atoms with Crippen molar-refractivity contribution in [2.75, 3.05) is 33.9 Å². The van der Waals surface area contributed by atoms with Gasteiger partial charge in [-0.15, -0.1) is 12.4 Å². The Morgan fingerprint density at radius 3 is 2.64 bits per heavy atom. The van der Waals surface area contributed by atoms with Gasteiger partial charge in [0.1, 0.15) is 19.0 Å². The Hall–Kier alpha value is -2.17. The monoisotopic (exact) mass is 361 g/mol. The molecule has 134 valence electrons. The highest BCUT2D eigenvalue weighted by atomic mass is 35.5. The number of halogens is 1. The van der Waals surface area contributed by atoms with E-state index in [0.717, 1.165) is 35.9 Å². The van der Waals surface area contributed by atoms with Gasteiger partial charge < -0.3 is 14.2 Å². The highest BCUT2D eigenvalue weighted by molar-refractivity contribution is 5.85. The van der Waals surface area contributed by atoms with E-state index in [-0.39, 0.29) is 12.4 Å². The van der Waals surface area contributed by atoms with E-state index < -0.39 is 0 Å². The van der Waals surface area contributed by atoms with Crippen LogP contribution in [0.2, 0.25) is 0 Å². The highest BCUT2D eigenvalue weighted by Gasteiger charge is 2.12. The second-order valence-corrected chi connectivity index (χ2v) is 5.82. The number of likely N-dealkylation sites (N-methyl/N-ethyl adjacent to an activating group) is 1. The predicted octanol–water partition coefficient (Wildman–Crippen LogP) is 4.03. The molecule has 0 aliphatic carbocycles. The van der Waals surface area contributed by atoms with Crippen molar-refractivity contribution in [3.63, 3.8) is 0 Å². The largest absolute Gasteiger partial charge is 0.496 e. The molecule has 0 saturated heterocycles. The maximum atomic E-state index is 5.64. The zero-order chi connectivity index (χ0) is 16.8. The van der Waals surface area contributed by atoms with Crippen molar-refractivity contribution in [1.82, 2.24) is 4.90 Å². The third-order valence-electron chi connectivity index (χ3n) is 3.91. The smallest absolute Gasteiger partial charge is 0.161 e. The number of methoxy groups -OCH3 is 1. The fourth-order valence-electron chi connectivity index (χ4n) is 2.73. The van der Waals surface area contributed by atoms with Crippen LogP contribution in [0.15, 0.2) is 48.5 Å². The van der Waals surface area contributed by atoms with E-state index in [1.165, 1.54) is 5.56 Å². The number of hydrogen-bond donors (Lipinski definition) is 0. The third-order valence-corrected chi connectivity index (χ3v) is 3.91. The Morgan fingerprint density at radius 2 is 1.84 bits per heavy atom. The van der Waals surface area contributed by atoms with Gasteiger partial charge in [-0.25, -0.2) is 0 Å². The van der Waals surface area contributed by atoms with E-state index in [9.17, 15) is 0 Å². The number of fused-ring (bicyclic) bond motifs is 1. The lowest BCUT2D eigenvalue weighted by atomic mass is 10.1. The van der Waals surface area contributed by atoms with Crippen LogP contribution in [0.3, 0.4) is 0 Å². The van der Waals surface area contributed by atoms with E-state index in [0.29, 0.717) is 13.2 Å². The number of rotatable bonds is 6. The molecule has 0 aromatic heterocycles. The van der Waals surface area contributed by atoms with Crippen molar-refractivity contribution in [3.8, 4) is 17.2 Å². The van der Waals surface area contributed by atoms with Crippen LogP contribution in [0.5, 0.6) is 17.2 Å². The lowest BCUT2D eigenvalue weighted by Gasteiger charge is -2.20.